The molecule has 4 heteroatoms. The summed E-state index contributed by atoms with van der Waals surface area (Å²) in [6, 6.07) is 2.14. The van der Waals surface area contributed by atoms with Gasteiger partial charge in [-0.25, -0.2) is 0 Å². The highest BCUT2D eigenvalue weighted by Crippen LogP contribution is 2.16. The molecule has 1 saturated heterocycles. The van der Waals surface area contributed by atoms with E-state index in [4.69, 9.17) is 15.7 Å². The van der Waals surface area contributed by atoms with E-state index in [1.54, 1.807) is 7.11 Å². The highest BCUT2D eigenvalue weighted by Gasteiger charge is 2.33. The first kappa shape index (κ1) is 9.46. The predicted octanol–water partition coefficient (Wildman–Crippen LogP) is -0.440. The van der Waals surface area contributed by atoms with Crippen LogP contribution in [0, 0.1) is 11.3 Å². The molecule has 0 aromatic rings. The van der Waals surface area contributed by atoms with Gasteiger partial charge in [0.2, 0.25) is 0 Å². The van der Waals surface area contributed by atoms with Crippen LogP contribution in [0.3, 0.4) is 0 Å². The van der Waals surface area contributed by atoms with E-state index in [-0.39, 0.29) is 0 Å². The first-order valence-electron chi connectivity index (χ1n) is 4.11. The zero-order valence-corrected chi connectivity index (χ0v) is 7.42. The third-order valence-corrected chi connectivity index (χ3v) is 2.21. The van der Waals surface area contributed by atoms with Gasteiger partial charge in [-0.2, -0.15) is 5.26 Å². The Balaban J connectivity index is 2.31. The Hall–Kier alpha value is -0.630. The predicted molar refractivity (Wildman–Crippen MR) is 45.5 cm³/mol. The molecule has 2 N–H and O–H groups in total. The zero-order chi connectivity index (χ0) is 9.03. The van der Waals surface area contributed by atoms with Gasteiger partial charge >= 0.3 is 0 Å². The molecule has 1 aliphatic heterocycles. The van der Waals surface area contributed by atoms with Crippen molar-refractivity contribution in [3.63, 3.8) is 0 Å². The molecule has 1 aliphatic rings. The summed E-state index contributed by atoms with van der Waals surface area (Å²) >= 11 is 0. The lowest BCUT2D eigenvalue weighted by molar-refractivity contribution is 0.159. The van der Waals surface area contributed by atoms with Crippen LogP contribution in [-0.4, -0.2) is 43.8 Å². The van der Waals surface area contributed by atoms with Gasteiger partial charge < -0.3 is 10.5 Å². The molecule has 0 aliphatic carbocycles. The standard InChI is InChI=1S/C8H15N3O/c1-12-5-4-11-3-2-8(10,6-9)7-11/h2-5,7,10H2,1H3. The molecule has 1 atom stereocenters. The van der Waals surface area contributed by atoms with Crippen molar-refractivity contribution in [2.24, 2.45) is 5.73 Å². The number of rotatable bonds is 3. The quantitative estimate of drug-likeness (QED) is 0.622. The smallest absolute Gasteiger partial charge is 0.118 e. The zero-order valence-electron chi connectivity index (χ0n) is 7.42. The van der Waals surface area contributed by atoms with Crippen molar-refractivity contribution in [2.75, 3.05) is 33.4 Å². The average Bonchev–Trinajstić information content (AvgIpc) is 2.45. The van der Waals surface area contributed by atoms with Gasteiger partial charge in [-0.1, -0.05) is 0 Å². The van der Waals surface area contributed by atoms with Crippen LogP contribution < -0.4 is 5.73 Å². The Morgan fingerprint density at radius 2 is 2.50 bits per heavy atom. The number of nitrogens with two attached hydrogens (primary N) is 1. The molecule has 0 saturated carbocycles. The summed E-state index contributed by atoms with van der Waals surface area (Å²) in [6.07, 6.45) is 0.771. The average molecular weight is 169 g/mol. The number of hydrogen-bond donors (Lipinski definition) is 1. The van der Waals surface area contributed by atoms with Crippen molar-refractivity contribution < 1.29 is 4.74 Å². The fourth-order valence-electron chi connectivity index (χ4n) is 1.42. The van der Waals surface area contributed by atoms with Crippen LogP contribution >= 0.6 is 0 Å². The molecule has 0 aromatic heterocycles. The molecule has 1 fully saturated rings. The van der Waals surface area contributed by atoms with Crippen LogP contribution in [0.25, 0.3) is 0 Å². The molecule has 4 nitrogen and oxygen atoms in total. The highest BCUT2D eigenvalue weighted by atomic mass is 16.5. The second kappa shape index (κ2) is 3.85. The third-order valence-electron chi connectivity index (χ3n) is 2.21. The van der Waals surface area contributed by atoms with Crippen LogP contribution in [-0.2, 0) is 4.74 Å². The van der Waals surface area contributed by atoms with E-state index < -0.39 is 5.54 Å². The third kappa shape index (κ3) is 2.18. The summed E-state index contributed by atoms with van der Waals surface area (Å²) in [4.78, 5) is 2.16. The summed E-state index contributed by atoms with van der Waals surface area (Å²) in [5, 5.41) is 8.74. The van der Waals surface area contributed by atoms with Crippen molar-refractivity contribution in [1.29, 1.82) is 5.26 Å². The molecule has 0 aromatic carbocycles. The SMILES string of the molecule is COCCN1CCC(N)(C#N)C1. The monoisotopic (exact) mass is 169 g/mol. The van der Waals surface area contributed by atoms with Gasteiger partial charge in [-0.3, -0.25) is 4.90 Å². The van der Waals surface area contributed by atoms with E-state index >= 15 is 0 Å². The Kier molecular flexibility index (Phi) is 3.04. The van der Waals surface area contributed by atoms with Gasteiger partial charge in [0.15, 0.2) is 0 Å². The van der Waals surface area contributed by atoms with Crippen molar-refractivity contribution in [3.8, 4) is 6.07 Å². The van der Waals surface area contributed by atoms with E-state index in [0.717, 1.165) is 19.5 Å². The van der Waals surface area contributed by atoms with Crippen molar-refractivity contribution >= 4 is 0 Å². The highest BCUT2D eigenvalue weighted by molar-refractivity contribution is 5.10. The minimum Gasteiger partial charge on any atom is -0.383 e. The molecular weight excluding hydrogens is 154 g/mol. The van der Waals surface area contributed by atoms with Crippen LogP contribution in [0.1, 0.15) is 6.42 Å². The van der Waals surface area contributed by atoms with Crippen LogP contribution in [0.5, 0.6) is 0 Å². The second-order valence-corrected chi connectivity index (χ2v) is 3.29. The van der Waals surface area contributed by atoms with E-state index in [2.05, 4.69) is 11.0 Å². The Labute approximate surface area is 72.9 Å². The summed E-state index contributed by atoms with van der Waals surface area (Å²) in [5.74, 6) is 0. The Morgan fingerprint density at radius 3 is 3.00 bits per heavy atom. The van der Waals surface area contributed by atoms with E-state index in [0.29, 0.717) is 13.2 Å². The Morgan fingerprint density at radius 1 is 1.75 bits per heavy atom. The number of nitriles is 1. The summed E-state index contributed by atoms with van der Waals surface area (Å²) in [5.41, 5.74) is 5.16. The van der Waals surface area contributed by atoms with Crippen molar-refractivity contribution in [2.45, 2.75) is 12.0 Å². The number of ether oxygens (including phenoxy) is 1. The maximum atomic E-state index is 8.74. The number of nitrogens with zero attached hydrogens (tertiary/aromatic N) is 2. The molecule has 0 spiro atoms. The topological polar surface area (TPSA) is 62.3 Å². The molecule has 0 radical (unpaired) electrons. The van der Waals surface area contributed by atoms with Gasteiger partial charge in [0, 0.05) is 26.7 Å². The lowest BCUT2D eigenvalue weighted by atomic mass is 10.0. The first-order chi connectivity index (χ1) is 5.70. The Bertz CT molecular complexity index is 189. The summed E-state index contributed by atoms with van der Waals surface area (Å²) in [7, 11) is 1.68. The molecular formula is C8H15N3O. The largest absolute Gasteiger partial charge is 0.383 e. The lowest BCUT2D eigenvalue weighted by Gasteiger charge is -2.16. The number of methoxy groups -OCH3 is 1. The number of hydrogen-bond acceptors (Lipinski definition) is 4. The fourth-order valence-corrected chi connectivity index (χ4v) is 1.42. The first-order valence-corrected chi connectivity index (χ1v) is 4.11. The molecule has 0 amide bonds. The number of likely N-dealkylation sites (tertiary alicyclic amines) is 1. The van der Waals surface area contributed by atoms with Crippen LogP contribution in [0.2, 0.25) is 0 Å². The minimum atomic E-state index is -0.617. The van der Waals surface area contributed by atoms with E-state index in [1.165, 1.54) is 0 Å². The molecule has 1 unspecified atom stereocenters. The molecule has 1 heterocycles. The van der Waals surface area contributed by atoms with Gasteiger partial charge in [0.05, 0.1) is 12.7 Å². The van der Waals surface area contributed by atoms with E-state index in [9.17, 15) is 0 Å². The van der Waals surface area contributed by atoms with Crippen LogP contribution in [0.15, 0.2) is 0 Å². The fraction of sp³-hybridized carbons (Fsp3) is 0.875. The van der Waals surface area contributed by atoms with Gasteiger partial charge in [-0.05, 0) is 6.42 Å². The van der Waals surface area contributed by atoms with Crippen LogP contribution in [0.4, 0.5) is 0 Å². The summed E-state index contributed by atoms with van der Waals surface area (Å²) in [6.45, 7) is 3.17. The maximum Gasteiger partial charge on any atom is 0.118 e. The molecule has 1 rings (SSSR count). The second-order valence-electron chi connectivity index (χ2n) is 3.29. The van der Waals surface area contributed by atoms with Crippen molar-refractivity contribution in [1.82, 2.24) is 4.90 Å². The lowest BCUT2D eigenvalue weighted by Crippen LogP contribution is -2.41. The van der Waals surface area contributed by atoms with Gasteiger partial charge in [0.1, 0.15) is 5.54 Å². The summed E-state index contributed by atoms with van der Waals surface area (Å²) < 4.78 is 4.94. The van der Waals surface area contributed by atoms with Gasteiger partial charge in [0.25, 0.3) is 0 Å². The molecule has 68 valence electrons. The molecule has 0 bridgehead atoms. The normalized spacial score (nSPS) is 30.4. The van der Waals surface area contributed by atoms with E-state index in [1.807, 2.05) is 0 Å². The van der Waals surface area contributed by atoms with Gasteiger partial charge in [-0.15, -0.1) is 0 Å². The van der Waals surface area contributed by atoms with Crippen molar-refractivity contribution in [3.05, 3.63) is 0 Å². The minimum absolute atomic E-state index is 0.617. The maximum absolute atomic E-state index is 8.74. The molecule has 12 heavy (non-hydrogen) atoms.